The second-order valence-corrected chi connectivity index (χ2v) is 6.98. The van der Waals surface area contributed by atoms with E-state index in [0.717, 1.165) is 5.69 Å². The maximum Gasteiger partial charge on any atom is 0.268 e. The van der Waals surface area contributed by atoms with Crippen molar-refractivity contribution in [2.24, 2.45) is 5.10 Å². The Kier molecular flexibility index (Phi) is 5.08. The number of pyridine rings is 1. The number of benzene rings is 1. The van der Waals surface area contributed by atoms with Gasteiger partial charge in [-0.2, -0.15) is 5.10 Å². The van der Waals surface area contributed by atoms with Crippen LogP contribution in [0.3, 0.4) is 0 Å². The van der Waals surface area contributed by atoms with Gasteiger partial charge in [0.2, 0.25) is 0 Å². The molecule has 0 aliphatic carbocycles. The molecule has 28 heavy (non-hydrogen) atoms. The summed E-state index contributed by atoms with van der Waals surface area (Å²) in [6.45, 7) is 5.40. The number of hydrogen-bond acceptors (Lipinski definition) is 6. The number of hydrazone groups is 1. The van der Waals surface area contributed by atoms with Crippen molar-refractivity contribution in [1.82, 2.24) is 9.38 Å². The first-order valence-electron chi connectivity index (χ1n) is 9.38. The molecule has 1 N–H and O–H groups in total. The highest BCUT2D eigenvalue weighted by molar-refractivity contribution is 5.87. The molecule has 144 valence electrons. The van der Waals surface area contributed by atoms with Gasteiger partial charge in [-0.3, -0.25) is 14.6 Å². The third-order valence-corrected chi connectivity index (χ3v) is 4.63. The number of rotatable bonds is 4. The van der Waals surface area contributed by atoms with Crippen molar-refractivity contribution in [3.05, 3.63) is 70.6 Å². The van der Waals surface area contributed by atoms with Crippen LogP contribution in [0.25, 0.3) is 5.65 Å². The van der Waals surface area contributed by atoms with Crippen LogP contribution in [0.2, 0.25) is 0 Å². The Morgan fingerprint density at radius 3 is 2.57 bits per heavy atom. The van der Waals surface area contributed by atoms with Crippen LogP contribution < -0.4 is 15.9 Å². The number of nitrogens with zero attached hydrogens (tertiary/aromatic N) is 4. The van der Waals surface area contributed by atoms with Crippen molar-refractivity contribution < 1.29 is 4.74 Å². The molecule has 1 aliphatic rings. The lowest BCUT2D eigenvalue weighted by Crippen LogP contribution is -2.47. The maximum absolute atomic E-state index is 13.1. The van der Waals surface area contributed by atoms with Crippen LogP contribution in [-0.4, -0.2) is 40.9 Å². The summed E-state index contributed by atoms with van der Waals surface area (Å²) in [6.07, 6.45) is 3.40. The van der Waals surface area contributed by atoms with E-state index in [4.69, 9.17) is 9.72 Å². The Bertz CT molecular complexity index is 1040. The lowest BCUT2D eigenvalue weighted by Gasteiger charge is -2.36. The Labute approximate surface area is 163 Å². The van der Waals surface area contributed by atoms with E-state index in [0.29, 0.717) is 30.1 Å². The van der Waals surface area contributed by atoms with Gasteiger partial charge < -0.3 is 9.64 Å². The summed E-state index contributed by atoms with van der Waals surface area (Å²) in [5, 5.41) is 4.29. The van der Waals surface area contributed by atoms with E-state index < -0.39 is 0 Å². The van der Waals surface area contributed by atoms with Crippen LogP contribution >= 0.6 is 0 Å². The second kappa shape index (κ2) is 7.82. The lowest BCUT2D eigenvalue weighted by atomic mass is 10.2. The van der Waals surface area contributed by atoms with Crippen LogP contribution in [0, 0.1) is 0 Å². The number of para-hydroxylation sites is 1. The molecule has 0 saturated carbocycles. The first kappa shape index (κ1) is 18.2. The Hall–Kier alpha value is -3.19. The standard InChI is InChI=1S/C21H23N5O2/c1-15-13-25(14-16(2)28-15)20-18(12-22-24-17-8-4-3-5-9-17)21(27)26-11-7-6-10-19(26)23-20/h3-12,15-16,24H,13-14H2,1-2H3/b22-12-/t15-,16+. The monoisotopic (exact) mass is 377 g/mol. The molecule has 3 heterocycles. The van der Waals surface area contributed by atoms with Crippen LogP contribution in [0.5, 0.6) is 0 Å². The van der Waals surface area contributed by atoms with Crippen LogP contribution in [0.4, 0.5) is 11.5 Å². The molecule has 1 aliphatic heterocycles. The topological polar surface area (TPSA) is 71.2 Å². The van der Waals surface area contributed by atoms with Crippen molar-refractivity contribution in [2.75, 3.05) is 23.4 Å². The van der Waals surface area contributed by atoms with Gasteiger partial charge >= 0.3 is 0 Å². The Morgan fingerprint density at radius 2 is 1.82 bits per heavy atom. The van der Waals surface area contributed by atoms with Crippen LogP contribution in [-0.2, 0) is 4.74 Å². The first-order chi connectivity index (χ1) is 13.6. The summed E-state index contributed by atoms with van der Waals surface area (Å²) >= 11 is 0. The molecule has 0 radical (unpaired) electrons. The fraction of sp³-hybridized carbons (Fsp3) is 0.286. The van der Waals surface area contributed by atoms with E-state index in [2.05, 4.69) is 15.4 Å². The SMILES string of the molecule is C[C@@H]1CN(c2nc3ccccn3c(=O)c2/C=N\Nc2ccccc2)C[C@H](C)O1. The van der Waals surface area contributed by atoms with E-state index in [1.54, 1.807) is 16.8 Å². The third kappa shape index (κ3) is 3.75. The summed E-state index contributed by atoms with van der Waals surface area (Å²) in [5.74, 6) is 0.636. The zero-order valence-corrected chi connectivity index (χ0v) is 15.9. The molecule has 7 heteroatoms. The normalized spacial score (nSPS) is 20.0. The minimum atomic E-state index is -0.147. The molecule has 1 saturated heterocycles. The molecule has 0 spiro atoms. The highest BCUT2D eigenvalue weighted by atomic mass is 16.5. The number of aromatic nitrogens is 2. The molecule has 7 nitrogen and oxygen atoms in total. The summed E-state index contributed by atoms with van der Waals surface area (Å²) in [6, 6.07) is 15.1. The smallest absolute Gasteiger partial charge is 0.268 e. The van der Waals surface area contributed by atoms with Crippen LogP contribution in [0.1, 0.15) is 19.4 Å². The average molecular weight is 377 g/mol. The van der Waals surface area contributed by atoms with Crippen molar-refractivity contribution in [2.45, 2.75) is 26.1 Å². The summed E-state index contributed by atoms with van der Waals surface area (Å²) in [4.78, 5) is 20.0. The number of anilines is 2. The second-order valence-electron chi connectivity index (χ2n) is 6.98. The van der Waals surface area contributed by atoms with E-state index >= 15 is 0 Å². The van der Waals surface area contributed by atoms with E-state index in [1.165, 1.54) is 0 Å². The fourth-order valence-corrected chi connectivity index (χ4v) is 3.48. The molecule has 0 bridgehead atoms. The molecule has 0 unspecified atom stereocenters. The van der Waals surface area contributed by atoms with Crippen molar-refractivity contribution in [1.29, 1.82) is 0 Å². The van der Waals surface area contributed by atoms with Crippen molar-refractivity contribution >= 4 is 23.4 Å². The molecule has 4 rings (SSSR count). The minimum absolute atomic E-state index is 0.0620. The molecule has 2 atom stereocenters. The maximum atomic E-state index is 13.1. The van der Waals surface area contributed by atoms with Gasteiger partial charge in [0, 0.05) is 19.3 Å². The van der Waals surface area contributed by atoms with Crippen molar-refractivity contribution in [3.8, 4) is 0 Å². The van der Waals surface area contributed by atoms with Gasteiger partial charge in [0.25, 0.3) is 5.56 Å². The predicted octanol–water partition coefficient (Wildman–Crippen LogP) is 2.75. The number of ether oxygens (including phenoxy) is 1. The quantitative estimate of drug-likeness (QED) is 0.559. The van der Waals surface area contributed by atoms with E-state index in [1.807, 2.05) is 62.4 Å². The highest BCUT2D eigenvalue weighted by Crippen LogP contribution is 2.21. The zero-order chi connectivity index (χ0) is 19.5. The molecular formula is C21H23N5O2. The molecule has 1 aromatic carbocycles. The number of morpholine rings is 1. The largest absolute Gasteiger partial charge is 0.372 e. The summed E-state index contributed by atoms with van der Waals surface area (Å²) in [7, 11) is 0. The van der Waals surface area contributed by atoms with E-state index in [9.17, 15) is 4.79 Å². The predicted molar refractivity (Wildman–Crippen MR) is 111 cm³/mol. The van der Waals surface area contributed by atoms with Gasteiger partial charge in [0.15, 0.2) is 0 Å². The Morgan fingerprint density at radius 1 is 1.11 bits per heavy atom. The molecular weight excluding hydrogens is 354 g/mol. The van der Waals surface area contributed by atoms with Gasteiger partial charge in [-0.1, -0.05) is 24.3 Å². The van der Waals surface area contributed by atoms with Gasteiger partial charge in [0.1, 0.15) is 17.0 Å². The molecule has 3 aromatic rings. The number of fused-ring (bicyclic) bond motifs is 1. The average Bonchev–Trinajstić information content (AvgIpc) is 2.69. The molecule has 1 fully saturated rings. The third-order valence-electron chi connectivity index (χ3n) is 4.63. The first-order valence-corrected chi connectivity index (χ1v) is 9.38. The summed E-state index contributed by atoms with van der Waals surface area (Å²) in [5.41, 5.74) is 4.73. The zero-order valence-electron chi connectivity index (χ0n) is 15.9. The van der Waals surface area contributed by atoms with Gasteiger partial charge in [0.05, 0.1) is 24.1 Å². The van der Waals surface area contributed by atoms with Gasteiger partial charge in [-0.15, -0.1) is 0 Å². The summed E-state index contributed by atoms with van der Waals surface area (Å²) < 4.78 is 7.38. The lowest BCUT2D eigenvalue weighted by molar-refractivity contribution is -0.00546. The van der Waals surface area contributed by atoms with Gasteiger partial charge in [-0.05, 0) is 38.1 Å². The van der Waals surface area contributed by atoms with Gasteiger partial charge in [-0.25, -0.2) is 4.98 Å². The van der Waals surface area contributed by atoms with E-state index in [-0.39, 0.29) is 17.8 Å². The Balaban J connectivity index is 1.76. The number of nitrogens with one attached hydrogen (secondary N) is 1. The van der Waals surface area contributed by atoms with Crippen LogP contribution in [0.15, 0.2) is 64.6 Å². The highest BCUT2D eigenvalue weighted by Gasteiger charge is 2.26. The minimum Gasteiger partial charge on any atom is -0.372 e. The number of hydrogen-bond donors (Lipinski definition) is 1. The fourth-order valence-electron chi connectivity index (χ4n) is 3.48. The molecule has 0 amide bonds. The molecule has 2 aromatic heterocycles. The van der Waals surface area contributed by atoms with Crippen molar-refractivity contribution in [3.63, 3.8) is 0 Å².